The van der Waals surface area contributed by atoms with Crippen molar-refractivity contribution in [3.05, 3.63) is 152 Å². The summed E-state index contributed by atoms with van der Waals surface area (Å²) in [7, 11) is 3.75. The molecule has 0 aromatic heterocycles. The molecule has 4 aromatic carbocycles. The Kier molecular flexibility index (Phi) is 12.5. The summed E-state index contributed by atoms with van der Waals surface area (Å²) in [5, 5.41) is 5.83. The van der Waals surface area contributed by atoms with Gasteiger partial charge in [0.15, 0.2) is 0 Å². The number of hydrogen-bond acceptors (Lipinski definition) is 0. The van der Waals surface area contributed by atoms with E-state index in [0.29, 0.717) is 0 Å². The first-order chi connectivity index (χ1) is 16.9. The molecule has 1 radical (unpaired) electrons. The summed E-state index contributed by atoms with van der Waals surface area (Å²) in [6, 6.07) is 44.1. The zero-order chi connectivity index (χ0) is 23.8. The molecular formula is C30H27ClP2Ru. The van der Waals surface area contributed by atoms with Crippen LogP contribution in [0.15, 0.2) is 146 Å². The van der Waals surface area contributed by atoms with E-state index in [4.69, 9.17) is 0 Å². The van der Waals surface area contributed by atoms with Crippen molar-refractivity contribution in [3.8, 4) is 0 Å². The molecular weight excluding hydrogens is 559 g/mol. The van der Waals surface area contributed by atoms with Crippen LogP contribution in [0.5, 0.6) is 0 Å². The zero-order valence-electron chi connectivity index (χ0n) is 18.8. The average Bonchev–Trinajstić information content (AvgIpc) is 3.53. The van der Waals surface area contributed by atoms with Crippen LogP contribution in [0.3, 0.4) is 0 Å². The molecule has 172 valence electrons. The van der Waals surface area contributed by atoms with E-state index in [1.165, 1.54) is 27.1 Å². The molecule has 0 aliphatic heterocycles. The summed E-state index contributed by atoms with van der Waals surface area (Å²) in [5.41, 5.74) is 0. The standard InChI is InChI=1S/C25H22P2.C5H5.ClH.Ru/c1-5-13-22(14-6-1)26(23-15-7-2-8-16-23)21-27(24-17-9-3-10-18-24)25-19-11-4-12-20-25;1-2-4-5-3-1;;/h1-20H,21H2;1-5H;1H;/q;;;+1/p-1. The van der Waals surface area contributed by atoms with E-state index in [9.17, 15) is 0 Å². The molecule has 0 heterocycles. The molecule has 0 unspecified atom stereocenters. The van der Waals surface area contributed by atoms with Gasteiger partial charge in [-0.25, -0.2) is 0 Å². The van der Waals surface area contributed by atoms with Crippen LogP contribution in [-0.2, 0) is 17.3 Å². The Labute approximate surface area is 221 Å². The third-order valence-electron chi connectivity index (χ3n) is 5.11. The maximum atomic E-state index is 4.57. The Hall–Kier alpha value is -1.87. The Morgan fingerprint density at radius 2 is 0.676 bits per heavy atom. The SMILES string of the molecule is [CH]1C=CC=C1.[Cl][Ru].c1ccc(P(CP(c2ccccc2)c2ccccc2)c2ccccc2)cc1. The quantitative estimate of drug-likeness (QED) is 0.166. The molecule has 1 aliphatic carbocycles. The third-order valence-corrected chi connectivity index (χ3v) is 11.1. The van der Waals surface area contributed by atoms with Crippen LogP contribution in [0.25, 0.3) is 0 Å². The molecule has 0 saturated heterocycles. The van der Waals surface area contributed by atoms with E-state index in [-0.39, 0.29) is 0 Å². The fourth-order valence-corrected chi connectivity index (χ4v) is 9.99. The van der Waals surface area contributed by atoms with Gasteiger partial charge < -0.3 is 0 Å². The van der Waals surface area contributed by atoms with Gasteiger partial charge in [-0.2, -0.15) is 0 Å². The number of allylic oxidation sites excluding steroid dienone is 4. The number of halogens is 1. The van der Waals surface area contributed by atoms with E-state index in [1.54, 1.807) is 0 Å². The van der Waals surface area contributed by atoms with Crippen molar-refractivity contribution < 1.29 is 17.3 Å². The van der Waals surface area contributed by atoms with Gasteiger partial charge in [0, 0.05) is 12.3 Å². The van der Waals surface area contributed by atoms with Crippen molar-refractivity contribution in [2.24, 2.45) is 0 Å². The first-order valence-corrected chi connectivity index (χ1v) is 16.3. The predicted molar refractivity (Wildman–Crippen MR) is 151 cm³/mol. The normalized spacial score (nSPS) is 11.5. The molecule has 0 atom stereocenters. The fraction of sp³-hybridized carbons (Fsp3) is 0.0333. The number of benzene rings is 4. The summed E-state index contributed by atoms with van der Waals surface area (Å²) in [6.07, 6.45) is 10.0. The Bertz CT molecular complexity index is 948. The molecule has 1 aliphatic rings. The van der Waals surface area contributed by atoms with Crippen molar-refractivity contribution in [1.29, 1.82) is 0 Å². The minimum atomic E-state index is -0.409. The first kappa shape index (κ1) is 26.7. The van der Waals surface area contributed by atoms with Crippen molar-refractivity contribution in [3.63, 3.8) is 0 Å². The third kappa shape index (κ3) is 8.41. The number of hydrogen-bond donors (Lipinski definition) is 0. The molecule has 4 heteroatoms. The molecule has 0 amide bonds. The van der Waals surface area contributed by atoms with Crippen LogP contribution in [0.4, 0.5) is 0 Å². The van der Waals surface area contributed by atoms with E-state index in [1.807, 2.05) is 48.0 Å². The molecule has 0 bridgehead atoms. The van der Waals surface area contributed by atoms with Crippen LogP contribution in [0, 0.1) is 6.42 Å². The molecule has 0 N–H and O–H groups in total. The second-order valence-electron chi connectivity index (χ2n) is 7.30. The largest absolute Gasteiger partial charge is 0.0622 e. The Balaban J connectivity index is 0.000000404. The smallest absolute Gasteiger partial charge is 0.00405 e. The molecule has 0 spiro atoms. The van der Waals surface area contributed by atoms with E-state index in [0.717, 1.165) is 0 Å². The van der Waals surface area contributed by atoms with Gasteiger partial charge in [-0.3, -0.25) is 0 Å². The molecule has 34 heavy (non-hydrogen) atoms. The number of rotatable bonds is 6. The van der Waals surface area contributed by atoms with Gasteiger partial charge >= 0.3 is 27.0 Å². The van der Waals surface area contributed by atoms with Gasteiger partial charge in [-0.15, -0.1) is 0 Å². The van der Waals surface area contributed by atoms with Gasteiger partial charge in [0.2, 0.25) is 0 Å². The molecule has 0 nitrogen and oxygen atoms in total. The zero-order valence-corrected chi connectivity index (χ0v) is 23.0. The topological polar surface area (TPSA) is 0 Å². The van der Waals surface area contributed by atoms with Crippen LogP contribution in [-0.4, -0.2) is 5.90 Å². The fourth-order valence-electron chi connectivity index (χ4n) is 3.52. The van der Waals surface area contributed by atoms with Crippen LogP contribution in [0.1, 0.15) is 0 Å². The Morgan fingerprint density at radius 3 is 0.882 bits per heavy atom. The van der Waals surface area contributed by atoms with E-state index >= 15 is 0 Å². The van der Waals surface area contributed by atoms with Gasteiger partial charge in [0.1, 0.15) is 0 Å². The van der Waals surface area contributed by atoms with Crippen molar-refractivity contribution in [2.75, 3.05) is 5.90 Å². The molecule has 0 saturated carbocycles. The predicted octanol–water partition coefficient (Wildman–Crippen LogP) is 7.21. The van der Waals surface area contributed by atoms with Crippen molar-refractivity contribution >= 4 is 46.8 Å². The van der Waals surface area contributed by atoms with Crippen LogP contribution < -0.4 is 21.2 Å². The summed E-state index contributed by atoms with van der Waals surface area (Å²) < 4.78 is 0. The monoisotopic (exact) mass is 586 g/mol. The van der Waals surface area contributed by atoms with Gasteiger partial charge in [0.25, 0.3) is 0 Å². The van der Waals surface area contributed by atoms with Gasteiger partial charge in [-0.1, -0.05) is 146 Å². The van der Waals surface area contributed by atoms with Crippen LogP contribution >= 0.6 is 25.5 Å². The van der Waals surface area contributed by atoms with Gasteiger partial charge in [-0.05, 0) is 37.1 Å². The minimum Gasteiger partial charge on any atom is -0.0622 e. The van der Waals surface area contributed by atoms with E-state index < -0.39 is 15.8 Å². The molecule has 5 rings (SSSR count). The second-order valence-corrected chi connectivity index (χ2v) is 12.2. The summed E-state index contributed by atoms with van der Waals surface area (Å²) in [6.45, 7) is 0. The first-order valence-electron chi connectivity index (χ1n) is 11.0. The minimum absolute atomic E-state index is 0.409. The second kappa shape index (κ2) is 15.9. The Morgan fingerprint density at radius 1 is 0.412 bits per heavy atom. The van der Waals surface area contributed by atoms with E-state index in [2.05, 4.69) is 131 Å². The van der Waals surface area contributed by atoms with Crippen LogP contribution in [0.2, 0.25) is 0 Å². The summed E-state index contributed by atoms with van der Waals surface area (Å²) >= 11 is 1.82. The van der Waals surface area contributed by atoms with Crippen molar-refractivity contribution in [2.45, 2.75) is 0 Å². The summed E-state index contributed by atoms with van der Waals surface area (Å²) in [4.78, 5) is 0. The average molecular weight is 586 g/mol. The maximum Gasteiger partial charge on any atom is 0.00405 e. The molecule has 0 fully saturated rings. The van der Waals surface area contributed by atoms with Crippen molar-refractivity contribution in [1.82, 2.24) is 0 Å². The molecule has 4 aromatic rings. The maximum absolute atomic E-state index is 4.57. The summed E-state index contributed by atoms with van der Waals surface area (Å²) in [5.74, 6) is 1.17. The van der Waals surface area contributed by atoms with Gasteiger partial charge in [0.05, 0.1) is 0 Å².